The summed E-state index contributed by atoms with van der Waals surface area (Å²) in [4.78, 5) is 0.661. The van der Waals surface area contributed by atoms with Gasteiger partial charge in [0.05, 0.1) is 19.3 Å². The van der Waals surface area contributed by atoms with Gasteiger partial charge in [-0.05, 0) is 29.5 Å². The highest BCUT2D eigenvalue weighted by Gasteiger charge is 2.35. The summed E-state index contributed by atoms with van der Waals surface area (Å²) < 4.78 is 49.0. The number of rotatable bonds is 4. The molecule has 0 fully saturated rings. The van der Waals surface area contributed by atoms with Crippen molar-refractivity contribution in [2.45, 2.75) is 17.7 Å². The van der Waals surface area contributed by atoms with Crippen LogP contribution in [0.3, 0.4) is 0 Å². The van der Waals surface area contributed by atoms with Gasteiger partial charge in [0, 0.05) is 12.7 Å². The van der Waals surface area contributed by atoms with Gasteiger partial charge >= 0.3 is 6.18 Å². The van der Waals surface area contributed by atoms with Gasteiger partial charge < -0.3 is 9.47 Å². The molecule has 0 atom stereocenters. The van der Waals surface area contributed by atoms with E-state index in [4.69, 9.17) is 9.47 Å². The van der Waals surface area contributed by atoms with E-state index in [-0.39, 0.29) is 17.9 Å². The molecule has 0 aliphatic carbocycles. The first kappa shape index (κ1) is 15.2. The quantitative estimate of drug-likeness (QED) is 0.852. The lowest BCUT2D eigenvalue weighted by atomic mass is 10.1. The van der Waals surface area contributed by atoms with Crippen LogP contribution in [0, 0.1) is 0 Å². The topological polar surface area (TPSA) is 18.5 Å². The number of hydrogen-bond donors (Lipinski definition) is 1. The van der Waals surface area contributed by atoms with Gasteiger partial charge in [0.25, 0.3) is 0 Å². The van der Waals surface area contributed by atoms with Gasteiger partial charge in [-0.1, -0.05) is 0 Å². The van der Waals surface area contributed by atoms with Gasteiger partial charge in [0.15, 0.2) is 0 Å². The van der Waals surface area contributed by atoms with Crippen LogP contribution in [-0.2, 0) is 17.5 Å². The summed E-state index contributed by atoms with van der Waals surface area (Å²) in [6.45, 7) is -0.121. The zero-order chi connectivity index (χ0) is 13.9. The number of benzene rings is 1. The van der Waals surface area contributed by atoms with E-state index < -0.39 is 22.6 Å². The lowest BCUT2D eigenvalue weighted by Crippen LogP contribution is -2.11. The number of alkyl halides is 3. The molecule has 0 spiro atoms. The number of thiol groups is 1. The minimum absolute atomic E-state index is 0.0492. The Morgan fingerprint density at radius 2 is 1.78 bits per heavy atom. The molecule has 0 saturated carbocycles. The number of hydrogen-bond acceptors (Lipinski definition) is 2. The van der Waals surface area contributed by atoms with Crippen LogP contribution in [-0.4, -0.2) is 26.7 Å². The largest absolute Gasteiger partial charge is 0.496 e. The summed E-state index contributed by atoms with van der Waals surface area (Å²) in [6.07, 6.45) is -0.594. The molecule has 0 radical (unpaired) electrons. The maximum absolute atomic E-state index is 13.0. The average molecular weight is 282 g/mol. The van der Waals surface area contributed by atoms with E-state index in [1.165, 1.54) is 20.3 Å². The minimum atomic E-state index is -4.40. The molecule has 0 aliphatic rings. The predicted octanol–water partition coefficient (Wildman–Crippen LogP) is 3.48. The van der Waals surface area contributed by atoms with E-state index in [2.05, 4.69) is 0 Å². The summed E-state index contributed by atoms with van der Waals surface area (Å²) >= 11 is 0. The number of methoxy groups -OCH3 is 2. The molecule has 6 heteroatoms. The minimum Gasteiger partial charge on any atom is -0.496 e. The van der Waals surface area contributed by atoms with Crippen LogP contribution in [0.2, 0.25) is 0 Å². The van der Waals surface area contributed by atoms with Crippen molar-refractivity contribution < 1.29 is 22.6 Å². The third kappa shape index (κ3) is 3.32. The van der Waals surface area contributed by atoms with Crippen LogP contribution < -0.4 is 4.74 Å². The lowest BCUT2D eigenvalue weighted by Gasteiger charge is -2.20. The van der Waals surface area contributed by atoms with Gasteiger partial charge in [0.1, 0.15) is 5.75 Å². The van der Waals surface area contributed by atoms with Crippen LogP contribution in [0.4, 0.5) is 13.2 Å². The summed E-state index contributed by atoms with van der Waals surface area (Å²) in [7, 11) is 2.10. The van der Waals surface area contributed by atoms with E-state index >= 15 is 0 Å². The zero-order valence-electron chi connectivity index (χ0n) is 10.8. The van der Waals surface area contributed by atoms with E-state index in [1.54, 1.807) is 6.07 Å². The highest BCUT2D eigenvalue weighted by molar-refractivity contribution is 8.15. The molecule has 1 rings (SSSR count). The molecule has 0 bridgehead atoms. The van der Waals surface area contributed by atoms with E-state index in [0.29, 0.717) is 4.90 Å². The maximum atomic E-state index is 13.0. The fraction of sp³-hybridized carbons (Fsp3) is 0.500. The van der Waals surface area contributed by atoms with Crippen molar-refractivity contribution in [2.24, 2.45) is 0 Å². The van der Waals surface area contributed by atoms with Gasteiger partial charge in [-0.2, -0.15) is 13.2 Å². The van der Waals surface area contributed by atoms with E-state index in [1.807, 2.05) is 12.5 Å². The van der Waals surface area contributed by atoms with Crippen LogP contribution in [0.1, 0.15) is 11.1 Å². The van der Waals surface area contributed by atoms with Crippen molar-refractivity contribution in [3.05, 3.63) is 23.3 Å². The molecule has 0 aliphatic heterocycles. The van der Waals surface area contributed by atoms with Crippen molar-refractivity contribution in [3.8, 4) is 5.75 Å². The number of halogens is 3. The Kier molecular flexibility index (Phi) is 4.92. The van der Waals surface area contributed by atoms with Crippen LogP contribution in [0.15, 0.2) is 17.0 Å². The normalized spacial score (nSPS) is 12.5. The molecule has 2 nitrogen and oxygen atoms in total. The van der Waals surface area contributed by atoms with Crippen LogP contribution >= 0.6 is 10.9 Å². The van der Waals surface area contributed by atoms with Crippen LogP contribution in [0.5, 0.6) is 5.75 Å². The monoisotopic (exact) mass is 282 g/mol. The lowest BCUT2D eigenvalue weighted by molar-refractivity contribution is -0.139. The molecule has 1 aromatic rings. The molecule has 18 heavy (non-hydrogen) atoms. The van der Waals surface area contributed by atoms with E-state index in [0.717, 1.165) is 0 Å². The first-order valence-electron chi connectivity index (χ1n) is 5.25. The predicted molar refractivity (Wildman–Crippen MR) is 67.8 cm³/mol. The SMILES string of the molecule is COCc1c(OC)cc([SH](C)C)cc1C(F)(F)F. The molecule has 0 amide bonds. The van der Waals surface area contributed by atoms with Crippen LogP contribution in [0.25, 0.3) is 0 Å². The molecule has 0 aromatic heterocycles. The Balaban J connectivity index is 3.46. The fourth-order valence-electron chi connectivity index (χ4n) is 1.62. The summed E-state index contributed by atoms with van der Waals surface area (Å²) in [5, 5.41) is 0. The third-order valence-corrected chi connectivity index (χ3v) is 3.82. The molecule has 0 N–H and O–H groups in total. The summed E-state index contributed by atoms with van der Waals surface area (Å²) in [5.41, 5.74) is -0.622. The Labute approximate surface area is 107 Å². The Bertz CT molecular complexity index is 417. The molecule has 0 saturated heterocycles. The molecular weight excluding hydrogens is 265 g/mol. The number of ether oxygens (including phenoxy) is 2. The molecule has 0 unspecified atom stereocenters. The molecule has 0 heterocycles. The standard InChI is InChI=1S/C12H17F3O2S/c1-16-7-9-10(12(13,14)15)5-8(18(3)4)6-11(9)17-2/h5-6,18H,7H2,1-4H3. The zero-order valence-corrected chi connectivity index (χ0v) is 11.7. The molecule has 1 aromatic carbocycles. The third-order valence-electron chi connectivity index (χ3n) is 2.52. The van der Waals surface area contributed by atoms with Gasteiger partial charge in [-0.3, -0.25) is 0 Å². The summed E-state index contributed by atoms with van der Waals surface area (Å²) in [5.74, 6) is 0.234. The summed E-state index contributed by atoms with van der Waals surface area (Å²) in [6, 6.07) is 2.86. The highest BCUT2D eigenvalue weighted by atomic mass is 32.2. The first-order chi connectivity index (χ1) is 8.31. The van der Waals surface area contributed by atoms with Gasteiger partial charge in [0.2, 0.25) is 0 Å². The smallest absolute Gasteiger partial charge is 0.416 e. The maximum Gasteiger partial charge on any atom is 0.416 e. The fourth-order valence-corrected chi connectivity index (χ4v) is 2.38. The first-order valence-corrected chi connectivity index (χ1v) is 7.49. The van der Waals surface area contributed by atoms with Crippen molar-refractivity contribution in [2.75, 3.05) is 26.7 Å². The van der Waals surface area contributed by atoms with E-state index in [9.17, 15) is 13.2 Å². The van der Waals surface area contributed by atoms with Crippen molar-refractivity contribution in [1.82, 2.24) is 0 Å². The molecular formula is C12H17F3O2S. The second kappa shape index (κ2) is 5.84. The Morgan fingerprint density at radius 3 is 2.17 bits per heavy atom. The Hall–Kier alpha value is -0.880. The average Bonchev–Trinajstić information content (AvgIpc) is 2.27. The second-order valence-corrected chi connectivity index (χ2v) is 6.30. The van der Waals surface area contributed by atoms with Crippen molar-refractivity contribution in [3.63, 3.8) is 0 Å². The Morgan fingerprint density at radius 1 is 1.17 bits per heavy atom. The second-order valence-electron chi connectivity index (χ2n) is 4.00. The van der Waals surface area contributed by atoms with Gasteiger partial charge in [-0.25, -0.2) is 10.9 Å². The van der Waals surface area contributed by atoms with Gasteiger partial charge in [-0.15, -0.1) is 0 Å². The highest BCUT2D eigenvalue weighted by Crippen LogP contribution is 2.41. The molecule has 104 valence electrons. The van der Waals surface area contributed by atoms with Crippen molar-refractivity contribution in [1.29, 1.82) is 0 Å². The van der Waals surface area contributed by atoms with Crippen molar-refractivity contribution >= 4 is 10.9 Å².